The first-order chi connectivity index (χ1) is 12.3. The molecule has 4 heteroatoms. The average Bonchev–Trinajstić information content (AvgIpc) is 2.66. The van der Waals surface area contributed by atoms with E-state index in [4.69, 9.17) is 9.84 Å². The predicted molar refractivity (Wildman–Crippen MR) is 97.1 cm³/mol. The number of hydrogen-bond acceptors (Lipinski definition) is 4. The summed E-state index contributed by atoms with van der Waals surface area (Å²) in [6.45, 7) is 1.70. The number of ether oxygens (including phenoxy) is 1. The molecule has 1 N–H and O–H groups in total. The lowest BCUT2D eigenvalue weighted by Gasteiger charge is -2.12. The highest BCUT2D eigenvalue weighted by Gasteiger charge is 2.20. The van der Waals surface area contributed by atoms with Crippen molar-refractivity contribution >= 4 is 16.7 Å². The first-order valence-electron chi connectivity index (χ1n) is 8.01. The summed E-state index contributed by atoms with van der Waals surface area (Å²) in [5.74, 6) is 4.95. The standard InChI is InChI=1S/C21H17NO3/c1-2-25-21(24)20-18(13-8-14-23)16-11-6-7-12-17(16)19(22-20)15-9-4-3-5-10-15/h3-7,9-12,23H,2,14H2,1H3. The first-order valence-corrected chi connectivity index (χ1v) is 8.01. The Hall–Kier alpha value is -3.16. The summed E-state index contributed by atoms with van der Waals surface area (Å²) in [6, 6.07) is 17.3. The molecule has 0 atom stereocenters. The van der Waals surface area contributed by atoms with E-state index in [1.807, 2.05) is 54.6 Å². The number of fused-ring (bicyclic) bond motifs is 1. The molecule has 25 heavy (non-hydrogen) atoms. The second-order valence-corrected chi connectivity index (χ2v) is 5.28. The van der Waals surface area contributed by atoms with Gasteiger partial charge in [-0.3, -0.25) is 0 Å². The van der Waals surface area contributed by atoms with Gasteiger partial charge < -0.3 is 9.84 Å². The Morgan fingerprint density at radius 3 is 2.44 bits per heavy atom. The van der Waals surface area contributed by atoms with Crippen LogP contribution in [0.15, 0.2) is 54.6 Å². The second-order valence-electron chi connectivity index (χ2n) is 5.28. The van der Waals surface area contributed by atoms with E-state index in [9.17, 15) is 4.79 Å². The van der Waals surface area contributed by atoms with Crippen molar-refractivity contribution < 1.29 is 14.6 Å². The number of carbonyl (C=O) groups is 1. The Morgan fingerprint density at radius 1 is 1.08 bits per heavy atom. The number of aliphatic hydroxyl groups is 1. The Morgan fingerprint density at radius 2 is 1.76 bits per heavy atom. The van der Waals surface area contributed by atoms with Crippen LogP contribution in [0, 0.1) is 11.8 Å². The molecule has 0 aliphatic rings. The molecule has 4 nitrogen and oxygen atoms in total. The van der Waals surface area contributed by atoms with Gasteiger partial charge in [-0.15, -0.1) is 0 Å². The Kier molecular flexibility index (Phi) is 5.08. The smallest absolute Gasteiger partial charge is 0.358 e. The Bertz CT molecular complexity index is 969. The van der Waals surface area contributed by atoms with Crippen molar-refractivity contribution in [3.05, 3.63) is 65.9 Å². The number of benzene rings is 2. The summed E-state index contributed by atoms with van der Waals surface area (Å²) in [7, 11) is 0. The fourth-order valence-corrected chi connectivity index (χ4v) is 2.68. The molecule has 1 heterocycles. The summed E-state index contributed by atoms with van der Waals surface area (Å²) in [6.07, 6.45) is 0. The molecule has 0 saturated carbocycles. The van der Waals surface area contributed by atoms with Crippen molar-refractivity contribution in [2.24, 2.45) is 0 Å². The highest BCUT2D eigenvalue weighted by atomic mass is 16.5. The number of rotatable bonds is 3. The maximum Gasteiger partial charge on any atom is 0.358 e. The van der Waals surface area contributed by atoms with Gasteiger partial charge in [-0.2, -0.15) is 0 Å². The summed E-state index contributed by atoms with van der Waals surface area (Å²) in [5, 5.41) is 10.8. The van der Waals surface area contributed by atoms with Gasteiger partial charge in [0.15, 0.2) is 5.69 Å². The number of aliphatic hydroxyl groups excluding tert-OH is 1. The minimum absolute atomic E-state index is 0.167. The van der Waals surface area contributed by atoms with Gasteiger partial charge in [-0.1, -0.05) is 66.4 Å². The van der Waals surface area contributed by atoms with Crippen LogP contribution in [-0.2, 0) is 4.74 Å². The summed E-state index contributed by atoms with van der Waals surface area (Å²) >= 11 is 0. The lowest BCUT2D eigenvalue weighted by atomic mass is 9.98. The topological polar surface area (TPSA) is 59.4 Å². The van der Waals surface area contributed by atoms with E-state index in [-0.39, 0.29) is 18.9 Å². The molecule has 0 amide bonds. The molecule has 124 valence electrons. The Labute approximate surface area is 146 Å². The number of hydrogen-bond donors (Lipinski definition) is 1. The molecule has 3 aromatic rings. The molecule has 0 saturated heterocycles. The van der Waals surface area contributed by atoms with Crippen LogP contribution in [0.25, 0.3) is 22.0 Å². The van der Waals surface area contributed by atoms with Gasteiger partial charge in [0.2, 0.25) is 0 Å². The molecule has 0 unspecified atom stereocenters. The maximum absolute atomic E-state index is 12.4. The van der Waals surface area contributed by atoms with Crippen molar-refractivity contribution in [1.29, 1.82) is 0 Å². The van der Waals surface area contributed by atoms with E-state index < -0.39 is 5.97 Å². The molecule has 2 aromatic carbocycles. The summed E-state index contributed by atoms with van der Waals surface area (Å²) in [5.41, 5.74) is 2.25. The van der Waals surface area contributed by atoms with Crippen LogP contribution in [0.4, 0.5) is 0 Å². The molecule has 0 aliphatic heterocycles. The molecule has 0 spiro atoms. The quantitative estimate of drug-likeness (QED) is 0.590. The van der Waals surface area contributed by atoms with E-state index in [1.54, 1.807) is 6.92 Å². The fourth-order valence-electron chi connectivity index (χ4n) is 2.68. The molecule has 0 radical (unpaired) electrons. The van der Waals surface area contributed by atoms with E-state index in [0.29, 0.717) is 11.3 Å². The highest BCUT2D eigenvalue weighted by molar-refractivity contribution is 6.04. The van der Waals surface area contributed by atoms with Crippen LogP contribution >= 0.6 is 0 Å². The molecule has 0 bridgehead atoms. The van der Waals surface area contributed by atoms with Crippen molar-refractivity contribution in [3.63, 3.8) is 0 Å². The average molecular weight is 331 g/mol. The highest BCUT2D eigenvalue weighted by Crippen LogP contribution is 2.30. The van der Waals surface area contributed by atoms with E-state index in [1.165, 1.54) is 0 Å². The van der Waals surface area contributed by atoms with Gasteiger partial charge in [0.1, 0.15) is 6.61 Å². The number of nitrogens with zero attached hydrogens (tertiary/aromatic N) is 1. The number of pyridine rings is 1. The molecule has 1 aromatic heterocycles. The zero-order valence-corrected chi connectivity index (χ0v) is 13.8. The van der Waals surface area contributed by atoms with Crippen LogP contribution in [0.1, 0.15) is 23.0 Å². The minimum atomic E-state index is -0.521. The predicted octanol–water partition coefficient (Wildman–Crippen LogP) is 3.42. The monoisotopic (exact) mass is 331 g/mol. The fraction of sp³-hybridized carbons (Fsp3) is 0.143. The van der Waals surface area contributed by atoms with Crippen molar-refractivity contribution in [2.45, 2.75) is 6.92 Å². The van der Waals surface area contributed by atoms with Crippen molar-refractivity contribution in [2.75, 3.05) is 13.2 Å². The third kappa shape index (κ3) is 3.37. The third-order valence-electron chi connectivity index (χ3n) is 3.72. The van der Waals surface area contributed by atoms with Crippen LogP contribution in [0.5, 0.6) is 0 Å². The van der Waals surface area contributed by atoms with Crippen LogP contribution in [0.3, 0.4) is 0 Å². The largest absolute Gasteiger partial charge is 0.461 e. The van der Waals surface area contributed by atoms with Gasteiger partial charge in [0.25, 0.3) is 0 Å². The van der Waals surface area contributed by atoms with Crippen LogP contribution in [-0.4, -0.2) is 29.3 Å². The van der Waals surface area contributed by atoms with Gasteiger partial charge in [0, 0.05) is 16.3 Å². The molecule has 3 rings (SSSR count). The number of carbonyl (C=O) groups excluding carboxylic acids is 1. The van der Waals surface area contributed by atoms with E-state index in [0.717, 1.165) is 16.3 Å². The molecular formula is C21H17NO3. The van der Waals surface area contributed by atoms with Crippen molar-refractivity contribution in [3.8, 4) is 23.1 Å². The molecule has 0 aliphatic carbocycles. The second kappa shape index (κ2) is 7.61. The van der Waals surface area contributed by atoms with E-state index in [2.05, 4.69) is 16.8 Å². The van der Waals surface area contributed by atoms with Gasteiger partial charge >= 0.3 is 5.97 Å². The van der Waals surface area contributed by atoms with Gasteiger partial charge in [-0.05, 0) is 6.92 Å². The molecule has 0 fully saturated rings. The molecular weight excluding hydrogens is 314 g/mol. The maximum atomic E-state index is 12.4. The zero-order chi connectivity index (χ0) is 17.6. The number of esters is 1. The van der Waals surface area contributed by atoms with Gasteiger partial charge in [-0.25, -0.2) is 9.78 Å². The number of aromatic nitrogens is 1. The first kappa shape index (κ1) is 16.7. The van der Waals surface area contributed by atoms with Gasteiger partial charge in [0.05, 0.1) is 17.9 Å². The lowest BCUT2D eigenvalue weighted by molar-refractivity contribution is 0.0519. The normalized spacial score (nSPS) is 10.2. The lowest BCUT2D eigenvalue weighted by Crippen LogP contribution is -2.11. The van der Waals surface area contributed by atoms with Crippen LogP contribution < -0.4 is 0 Å². The minimum Gasteiger partial charge on any atom is -0.461 e. The Balaban J connectivity index is 2.37. The summed E-state index contributed by atoms with van der Waals surface area (Å²) < 4.78 is 5.16. The van der Waals surface area contributed by atoms with Crippen molar-refractivity contribution in [1.82, 2.24) is 4.98 Å². The third-order valence-corrected chi connectivity index (χ3v) is 3.72. The summed E-state index contributed by atoms with van der Waals surface area (Å²) in [4.78, 5) is 17.0. The van der Waals surface area contributed by atoms with E-state index >= 15 is 0 Å². The van der Waals surface area contributed by atoms with Crippen LogP contribution in [0.2, 0.25) is 0 Å². The SMILES string of the molecule is CCOC(=O)c1nc(-c2ccccc2)c2ccccc2c1C#CCO. The zero-order valence-electron chi connectivity index (χ0n) is 13.8.